The second-order valence-electron chi connectivity index (χ2n) is 5.11. The van der Waals surface area contributed by atoms with E-state index in [0.717, 1.165) is 12.8 Å². The number of nitriles is 1. The van der Waals surface area contributed by atoms with E-state index in [1.54, 1.807) is 19.1 Å². The van der Waals surface area contributed by atoms with Crippen LogP contribution in [0.4, 0.5) is 0 Å². The summed E-state index contributed by atoms with van der Waals surface area (Å²) in [5.74, 6) is 0.637. The number of benzene rings is 1. The van der Waals surface area contributed by atoms with E-state index < -0.39 is 16.1 Å². The van der Waals surface area contributed by atoms with E-state index in [-0.39, 0.29) is 11.0 Å². The van der Waals surface area contributed by atoms with E-state index >= 15 is 0 Å². The summed E-state index contributed by atoms with van der Waals surface area (Å²) in [6.07, 6.45) is 2.20. The molecule has 1 saturated heterocycles. The van der Waals surface area contributed by atoms with Gasteiger partial charge in [0.25, 0.3) is 0 Å². The van der Waals surface area contributed by atoms with Gasteiger partial charge in [0.15, 0.2) is 0 Å². The van der Waals surface area contributed by atoms with E-state index in [4.69, 9.17) is 14.7 Å². The summed E-state index contributed by atoms with van der Waals surface area (Å²) in [5.41, 5.74) is 0. The van der Waals surface area contributed by atoms with Crippen molar-refractivity contribution in [3.05, 3.63) is 24.3 Å². The molecule has 0 amide bonds. The Morgan fingerprint density at radius 1 is 1.36 bits per heavy atom. The Bertz CT molecular complexity index is 616. The molecule has 0 unspecified atom stereocenters. The van der Waals surface area contributed by atoms with Gasteiger partial charge in [-0.15, -0.1) is 0 Å². The van der Waals surface area contributed by atoms with Gasteiger partial charge in [-0.05, 0) is 30.7 Å². The standard InChI is InChI=1S/C15H20N2O4S/c1-2-12(11-16)17-22(18,19)15-5-3-13(4-6-15)21-14-7-9-20-10-8-14/h3-6,12,14,17H,2,7-10H2,1H3/t12-/m0/s1. The van der Waals surface area contributed by atoms with Crippen molar-refractivity contribution in [1.82, 2.24) is 4.72 Å². The van der Waals surface area contributed by atoms with E-state index in [1.165, 1.54) is 12.1 Å². The predicted octanol–water partition coefficient (Wildman–Crippen LogP) is 1.82. The number of nitrogens with one attached hydrogen (secondary N) is 1. The fourth-order valence-corrected chi connectivity index (χ4v) is 3.36. The maximum Gasteiger partial charge on any atom is 0.241 e. The first kappa shape index (κ1) is 16.7. The highest BCUT2D eigenvalue weighted by Gasteiger charge is 2.19. The van der Waals surface area contributed by atoms with E-state index in [1.807, 2.05) is 6.07 Å². The molecule has 6 nitrogen and oxygen atoms in total. The van der Waals surface area contributed by atoms with Gasteiger partial charge in [0.05, 0.1) is 24.2 Å². The summed E-state index contributed by atoms with van der Waals surface area (Å²) in [4.78, 5) is 0.125. The number of hydrogen-bond acceptors (Lipinski definition) is 5. The predicted molar refractivity (Wildman–Crippen MR) is 80.9 cm³/mol. The first-order valence-electron chi connectivity index (χ1n) is 7.31. The molecule has 0 spiro atoms. The third-order valence-electron chi connectivity index (χ3n) is 3.47. The Balaban J connectivity index is 2.03. The van der Waals surface area contributed by atoms with Crippen LogP contribution in [0.25, 0.3) is 0 Å². The molecule has 1 aromatic carbocycles. The highest BCUT2D eigenvalue weighted by molar-refractivity contribution is 7.89. The lowest BCUT2D eigenvalue weighted by Crippen LogP contribution is -2.33. The zero-order valence-electron chi connectivity index (χ0n) is 12.5. The monoisotopic (exact) mass is 324 g/mol. The lowest BCUT2D eigenvalue weighted by Gasteiger charge is -2.23. The average molecular weight is 324 g/mol. The second kappa shape index (κ2) is 7.58. The lowest BCUT2D eigenvalue weighted by atomic mass is 10.1. The average Bonchev–Trinajstić information content (AvgIpc) is 2.54. The third kappa shape index (κ3) is 4.44. The van der Waals surface area contributed by atoms with Crippen LogP contribution in [0.3, 0.4) is 0 Å². The molecule has 1 fully saturated rings. The summed E-state index contributed by atoms with van der Waals surface area (Å²) in [7, 11) is -3.68. The van der Waals surface area contributed by atoms with Crippen LogP contribution in [0.1, 0.15) is 26.2 Å². The fourth-order valence-electron chi connectivity index (χ4n) is 2.14. The molecule has 7 heteroatoms. The normalized spacial score (nSPS) is 17.6. The maximum atomic E-state index is 12.1. The maximum absolute atomic E-state index is 12.1. The summed E-state index contributed by atoms with van der Waals surface area (Å²) < 4.78 is 37.7. The number of ether oxygens (including phenoxy) is 2. The Morgan fingerprint density at radius 2 is 2.00 bits per heavy atom. The van der Waals surface area contributed by atoms with Crippen molar-refractivity contribution in [2.24, 2.45) is 0 Å². The molecule has 0 radical (unpaired) electrons. The molecular formula is C15H20N2O4S. The Kier molecular flexibility index (Phi) is 5.77. The Labute approximate surface area is 131 Å². The van der Waals surface area contributed by atoms with Gasteiger partial charge in [0.2, 0.25) is 10.0 Å². The minimum absolute atomic E-state index is 0.109. The van der Waals surface area contributed by atoms with Crippen molar-refractivity contribution >= 4 is 10.0 Å². The highest BCUT2D eigenvalue weighted by Crippen LogP contribution is 2.20. The van der Waals surface area contributed by atoms with Crippen LogP contribution in [-0.2, 0) is 14.8 Å². The van der Waals surface area contributed by atoms with Crippen LogP contribution < -0.4 is 9.46 Å². The zero-order chi connectivity index (χ0) is 16.0. The van der Waals surface area contributed by atoms with Crippen molar-refractivity contribution in [2.75, 3.05) is 13.2 Å². The number of rotatable bonds is 6. The zero-order valence-corrected chi connectivity index (χ0v) is 13.3. The molecule has 0 saturated carbocycles. The van der Waals surface area contributed by atoms with Gasteiger partial charge in [0.1, 0.15) is 17.9 Å². The molecule has 1 aliphatic heterocycles. The van der Waals surface area contributed by atoms with Crippen LogP contribution in [0.5, 0.6) is 5.75 Å². The van der Waals surface area contributed by atoms with Gasteiger partial charge in [-0.3, -0.25) is 0 Å². The molecule has 0 aliphatic carbocycles. The van der Waals surface area contributed by atoms with Crippen molar-refractivity contribution in [3.8, 4) is 11.8 Å². The number of hydrogen-bond donors (Lipinski definition) is 1. The van der Waals surface area contributed by atoms with Gasteiger partial charge in [-0.1, -0.05) is 6.92 Å². The van der Waals surface area contributed by atoms with Gasteiger partial charge in [0, 0.05) is 12.8 Å². The highest BCUT2D eigenvalue weighted by atomic mass is 32.2. The van der Waals surface area contributed by atoms with E-state index in [9.17, 15) is 8.42 Å². The molecule has 1 heterocycles. The number of nitrogens with zero attached hydrogens (tertiary/aromatic N) is 1. The topological polar surface area (TPSA) is 88.4 Å². The smallest absolute Gasteiger partial charge is 0.241 e. The van der Waals surface area contributed by atoms with E-state index in [0.29, 0.717) is 25.4 Å². The van der Waals surface area contributed by atoms with Gasteiger partial charge in [-0.25, -0.2) is 8.42 Å². The molecule has 0 bridgehead atoms. The van der Waals surface area contributed by atoms with Crippen LogP contribution in [0.15, 0.2) is 29.2 Å². The van der Waals surface area contributed by atoms with Crippen molar-refractivity contribution in [2.45, 2.75) is 43.2 Å². The van der Waals surface area contributed by atoms with Gasteiger partial charge >= 0.3 is 0 Å². The molecule has 22 heavy (non-hydrogen) atoms. The number of sulfonamides is 1. The molecule has 1 atom stereocenters. The second-order valence-corrected chi connectivity index (χ2v) is 6.83. The SMILES string of the molecule is CC[C@@H](C#N)NS(=O)(=O)c1ccc(OC2CCOCC2)cc1. The van der Waals surface area contributed by atoms with Crippen LogP contribution >= 0.6 is 0 Å². The summed E-state index contributed by atoms with van der Waals surface area (Å²) in [6, 6.07) is 7.44. The minimum atomic E-state index is -3.68. The quantitative estimate of drug-likeness (QED) is 0.862. The third-order valence-corrected chi connectivity index (χ3v) is 4.95. The minimum Gasteiger partial charge on any atom is -0.490 e. The fraction of sp³-hybridized carbons (Fsp3) is 0.533. The van der Waals surface area contributed by atoms with Crippen molar-refractivity contribution in [3.63, 3.8) is 0 Å². The molecule has 1 N–H and O–H groups in total. The Morgan fingerprint density at radius 3 is 2.55 bits per heavy atom. The van der Waals surface area contributed by atoms with E-state index in [2.05, 4.69) is 4.72 Å². The molecule has 2 rings (SSSR count). The Hall–Kier alpha value is -1.62. The molecule has 0 aromatic heterocycles. The van der Waals surface area contributed by atoms with Crippen LogP contribution in [0, 0.1) is 11.3 Å². The first-order valence-corrected chi connectivity index (χ1v) is 8.80. The van der Waals surface area contributed by atoms with Gasteiger partial charge in [-0.2, -0.15) is 9.98 Å². The molecular weight excluding hydrogens is 304 g/mol. The summed E-state index contributed by atoms with van der Waals surface area (Å²) in [5, 5.41) is 8.86. The van der Waals surface area contributed by atoms with Crippen LogP contribution in [0.2, 0.25) is 0 Å². The largest absolute Gasteiger partial charge is 0.490 e. The van der Waals surface area contributed by atoms with Crippen molar-refractivity contribution in [1.29, 1.82) is 5.26 Å². The summed E-state index contributed by atoms with van der Waals surface area (Å²) in [6.45, 7) is 3.13. The summed E-state index contributed by atoms with van der Waals surface area (Å²) >= 11 is 0. The van der Waals surface area contributed by atoms with Gasteiger partial charge < -0.3 is 9.47 Å². The lowest BCUT2D eigenvalue weighted by molar-refractivity contribution is 0.0255. The van der Waals surface area contributed by atoms with Crippen molar-refractivity contribution < 1.29 is 17.9 Å². The first-order chi connectivity index (χ1) is 10.5. The molecule has 1 aliphatic rings. The molecule has 1 aromatic rings. The van der Waals surface area contributed by atoms with Crippen LogP contribution in [-0.4, -0.2) is 33.8 Å². The molecule has 120 valence electrons.